The predicted octanol–water partition coefficient (Wildman–Crippen LogP) is 3.60. The summed E-state index contributed by atoms with van der Waals surface area (Å²) in [7, 11) is 0. The Bertz CT molecular complexity index is 321. The van der Waals surface area contributed by atoms with Crippen LogP contribution in [0.3, 0.4) is 0 Å². The van der Waals surface area contributed by atoms with E-state index in [9.17, 15) is 0 Å². The van der Waals surface area contributed by atoms with Crippen LogP contribution in [-0.2, 0) is 12.8 Å². The van der Waals surface area contributed by atoms with Gasteiger partial charge in [-0.25, -0.2) is 0 Å². The Kier molecular flexibility index (Phi) is 2.49. The molecule has 0 unspecified atom stereocenters. The molecule has 68 valence electrons. The van der Waals surface area contributed by atoms with Crippen LogP contribution in [-0.4, -0.2) is 0 Å². The first-order chi connectivity index (χ1) is 6.40. The molecule has 0 saturated heterocycles. The van der Waals surface area contributed by atoms with Crippen molar-refractivity contribution in [1.82, 2.24) is 0 Å². The molecule has 0 aromatic heterocycles. The summed E-state index contributed by atoms with van der Waals surface area (Å²) in [6.45, 7) is 2.07. The lowest BCUT2D eigenvalue weighted by Gasteiger charge is -2.15. The van der Waals surface area contributed by atoms with Gasteiger partial charge in [-0.2, -0.15) is 0 Å². The van der Waals surface area contributed by atoms with E-state index in [0.29, 0.717) is 0 Å². The minimum Gasteiger partial charge on any atom is -0.0871 e. The molecule has 2 rings (SSSR count). The zero-order valence-corrected chi connectivity index (χ0v) is 8.22. The van der Waals surface area contributed by atoms with Crippen molar-refractivity contribution in [2.24, 2.45) is 0 Å². The van der Waals surface area contributed by atoms with Gasteiger partial charge in [0.15, 0.2) is 0 Å². The van der Waals surface area contributed by atoms with Crippen molar-refractivity contribution in [3.8, 4) is 0 Å². The molecule has 0 heteroatoms. The second-order valence-electron chi connectivity index (χ2n) is 3.74. The molecule has 0 saturated carbocycles. The van der Waals surface area contributed by atoms with Crippen LogP contribution in [0.5, 0.6) is 0 Å². The minimum atomic E-state index is 1.28. The van der Waals surface area contributed by atoms with Gasteiger partial charge in [-0.3, -0.25) is 0 Å². The summed E-state index contributed by atoms with van der Waals surface area (Å²) in [5, 5.41) is 0. The molecular formula is C13H16. The predicted molar refractivity (Wildman–Crippen MR) is 57.8 cm³/mol. The lowest BCUT2D eigenvalue weighted by molar-refractivity contribution is 0.685. The summed E-state index contributed by atoms with van der Waals surface area (Å²) < 4.78 is 0. The van der Waals surface area contributed by atoms with E-state index in [4.69, 9.17) is 0 Å². The zero-order valence-electron chi connectivity index (χ0n) is 8.22. The van der Waals surface area contributed by atoms with Crippen LogP contribution in [0.2, 0.25) is 0 Å². The third kappa shape index (κ3) is 1.82. The molecule has 0 amide bonds. The third-order valence-electron chi connectivity index (χ3n) is 2.73. The number of hydrogen-bond acceptors (Lipinski definition) is 0. The van der Waals surface area contributed by atoms with Crippen LogP contribution in [0.25, 0.3) is 6.08 Å². The maximum atomic E-state index is 2.34. The number of rotatable bonds is 1. The Labute approximate surface area is 80.3 Å². The molecule has 0 spiro atoms. The fraction of sp³-hybridized carbons (Fsp3) is 0.385. The van der Waals surface area contributed by atoms with E-state index in [1.54, 1.807) is 11.1 Å². The van der Waals surface area contributed by atoms with E-state index in [-0.39, 0.29) is 0 Å². The standard InChI is InChI=1S/C13H16/c1-2-5-11-8-9-12-6-3-4-7-13(12)10-11/h2,5,8-10H,3-4,6-7H2,1H3/b5-2+. The van der Waals surface area contributed by atoms with Crippen molar-refractivity contribution in [3.05, 3.63) is 41.0 Å². The second kappa shape index (κ2) is 3.78. The first-order valence-corrected chi connectivity index (χ1v) is 5.14. The van der Waals surface area contributed by atoms with Gasteiger partial charge in [-0.1, -0.05) is 30.4 Å². The molecule has 1 aliphatic carbocycles. The van der Waals surface area contributed by atoms with Crippen molar-refractivity contribution < 1.29 is 0 Å². The van der Waals surface area contributed by atoms with E-state index in [1.807, 2.05) is 0 Å². The van der Waals surface area contributed by atoms with Crippen molar-refractivity contribution in [2.75, 3.05) is 0 Å². The van der Waals surface area contributed by atoms with Crippen LogP contribution in [0.4, 0.5) is 0 Å². The van der Waals surface area contributed by atoms with Crippen molar-refractivity contribution in [3.63, 3.8) is 0 Å². The molecular weight excluding hydrogens is 156 g/mol. The topological polar surface area (TPSA) is 0 Å². The van der Waals surface area contributed by atoms with Gasteiger partial charge in [0.25, 0.3) is 0 Å². The van der Waals surface area contributed by atoms with Gasteiger partial charge in [0, 0.05) is 0 Å². The molecule has 0 aliphatic heterocycles. The van der Waals surface area contributed by atoms with Crippen LogP contribution in [0.1, 0.15) is 36.5 Å². The molecule has 0 N–H and O–H groups in total. The molecule has 0 heterocycles. The Morgan fingerprint density at radius 1 is 1.08 bits per heavy atom. The summed E-state index contributed by atoms with van der Waals surface area (Å²) in [5.41, 5.74) is 4.49. The molecule has 0 fully saturated rings. The molecule has 1 aliphatic rings. The first kappa shape index (κ1) is 8.55. The zero-order chi connectivity index (χ0) is 9.10. The molecule has 0 nitrogen and oxygen atoms in total. The fourth-order valence-corrected chi connectivity index (χ4v) is 2.05. The average Bonchev–Trinajstić information content (AvgIpc) is 2.18. The van der Waals surface area contributed by atoms with Gasteiger partial charge >= 0.3 is 0 Å². The lowest BCUT2D eigenvalue weighted by Crippen LogP contribution is -2.02. The van der Waals surface area contributed by atoms with E-state index in [1.165, 1.54) is 31.2 Å². The SMILES string of the molecule is C/C=C/c1ccc2c(c1)CCCC2. The largest absolute Gasteiger partial charge is 0.0871 e. The summed E-state index contributed by atoms with van der Waals surface area (Å²) in [5.74, 6) is 0. The van der Waals surface area contributed by atoms with Gasteiger partial charge in [0.05, 0.1) is 0 Å². The number of allylic oxidation sites excluding steroid dienone is 1. The average molecular weight is 172 g/mol. The van der Waals surface area contributed by atoms with Gasteiger partial charge in [-0.05, 0) is 49.3 Å². The molecule has 0 bridgehead atoms. The van der Waals surface area contributed by atoms with E-state index in [2.05, 4.69) is 37.3 Å². The third-order valence-corrected chi connectivity index (χ3v) is 2.73. The Morgan fingerprint density at radius 2 is 1.85 bits per heavy atom. The van der Waals surface area contributed by atoms with Crippen LogP contribution >= 0.6 is 0 Å². The molecule has 0 radical (unpaired) electrons. The van der Waals surface area contributed by atoms with Crippen LogP contribution in [0.15, 0.2) is 24.3 Å². The van der Waals surface area contributed by atoms with Crippen molar-refractivity contribution >= 4 is 6.08 Å². The highest BCUT2D eigenvalue weighted by atomic mass is 14.1. The van der Waals surface area contributed by atoms with Gasteiger partial charge < -0.3 is 0 Å². The van der Waals surface area contributed by atoms with E-state index < -0.39 is 0 Å². The fourth-order valence-electron chi connectivity index (χ4n) is 2.05. The van der Waals surface area contributed by atoms with Gasteiger partial charge in [0.2, 0.25) is 0 Å². The maximum Gasteiger partial charge on any atom is -0.0257 e. The summed E-state index contributed by atoms with van der Waals surface area (Å²) in [6.07, 6.45) is 9.58. The smallest absolute Gasteiger partial charge is 0.0257 e. The van der Waals surface area contributed by atoms with E-state index in [0.717, 1.165) is 0 Å². The minimum absolute atomic E-state index is 1.28. The lowest BCUT2D eigenvalue weighted by atomic mass is 9.90. The molecule has 1 aromatic rings. The first-order valence-electron chi connectivity index (χ1n) is 5.14. The molecule has 1 aromatic carbocycles. The van der Waals surface area contributed by atoms with E-state index >= 15 is 0 Å². The maximum absolute atomic E-state index is 2.34. The highest BCUT2D eigenvalue weighted by Gasteiger charge is 2.07. The molecule has 0 atom stereocenters. The quantitative estimate of drug-likeness (QED) is 0.607. The van der Waals surface area contributed by atoms with Gasteiger partial charge in [0.1, 0.15) is 0 Å². The highest BCUT2D eigenvalue weighted by Crippen LogP contribution is 2.22. The second-order valence-corrected chi connectivity index (χ2v) is 3.74. The summed E-state index contributed by atoms with van der Waals surface area (Å²) >= 11 is 0. The monoisotopic (exact) mass is 172 g/mol. The summed E-state index contributed by atoms with van der Waals surface area (Å²) in [4.78, 5) is 0. The Balaban J connectivity index is 2.35. The number of hydrogen-bond donors (Lipinski definition) is 0. The van der Waals surface area contributed by atoms with Gasteiger partial charge in [-0.15, -0.1) is 0 Å². The normalized spacial score (nSPS) is 16.1. The van der Waals surface area contributed by atoms with Crippen LogP contribution < -0.4 is 0 Å². The highest BCUT2D eigenvalue weighted by molar-refractivity contribution is 5.51. The number of benzene rings is 1. The van der Waals surface area contributed by atoms with Crippen LogP contribution in [0, 0.1) is 0 Å². The number of aryl methyl sites for hydroxylation is 2. The summed E-state index contributed by atoms with van der Waals surface area (Å²) in [6, 6.07) is 6.86. The van der Waals surface area contributed by atoms with Crippen molar-refractivity contribution in [1.29, 1.82) is 0 Å². The number of fused-ring (bicyclic) bond motifs is 1. The molecule has 13 heavy (non-hydrogen) atoms. The Morgan fingerprint density at radius 3 is 2.62 bits per heavy atom. The van der Waals surface area contributed by atoms with Crippen molar-refractivity contribution in [2.45, 2.75) is 32.6 Å². The Hall–Kier alpha value is -1.04.